The summed E-state index contributed by atoms with van der Waals surface area (Å²) in [4.78, 5) is 15.9. The van der Waals surface area contributed by atoms with Gasteiger partial charge in [-0.3, -0.25) is 20.6 Å². The SMILES string of the molecule is CCCN=C(N)N/C(N)=N/C/N=C(\N)NC(N)=NCCC. The van der Waals surface area contributed by atoms with E-state index < -0.39 is 0 Å². The number of hydrogen-bond donors (Lipinski definition) is 6. The first-order valence-corrected chi connectivity index (χ1v) is 6.73. The van der Waals surface area contributed by atoms with Gasteiger partial charge in [-0.25, -0.2) is 9.98 Å². The summed E-state index contributed by atoms with van der Waals surface area (Å²) in [6.07, 6.45) is 1.79. The summed E-state index contributed by atoms with van der Waals surface area (Å²) in [5.74, 6) is 0.640. The van der Waals surface area contributed by atoms with Crippen LogP contribution in [-0.2, 0) is 0 Å². The highest BCUT2D eigenvalue weighted by molar-refractivity contribution is 5.98. The minimum atomic E-state index is 0.0276. The quantitative estimate of drug-likeness (QED) is 0.249. The summed E-state index contributed by atoms with van der Waals surface area (Å²) in [5.41, 5.74) is 22.4. The fraction of sp³-hybridized carbons (Fsp3) is 0.636. The lowest BCUT2D eigenvalue weighted by Crippen LogP contribution is -2.42. The molecule has 0 aromatic heterocycles. The highest BCUT2D eigenvalue weighted by atomic mass is 15.2. The molecule has 21 heavy (non-hydrogen) atoms. The Hall–Kier alpha value is -2.52. The van der Waals surface area contributed by atoms with Crippen LogP contribution < -0.4 is 33.6 Å². The van der Waals surface area contributed by atoms with E-state index in [1.54, 1.807) is 0 Å². The molecule has 10 nitrogen and oxygen atoms in total. The second kappa shape index (κ2) is 11.3. The zero-order chi connectivity index (χ0) is 16.1. The molecule has 0 aliphatic heterocycles. The van der Waals surface area contributed by atoms with E-state index in [0.717, 1.165) is 12.8 Å². The first kappa shape index (κ1) is 18.5. The molecular weight excluding hydrogens is 272 g/mol. The van der Waals surface area contributed by atoms with Crippen LogP contribution in [0.3, 0.4) is 0 Å². The first-order chi connectivity index (χ1) is 9.99. The van der Waals surface area contributed by atoms with E-state index in [2.05, 4.69) is 30.6 Å². The third kappa shape index (κ3) is 11.0. The molecule has 0 unspecified atom stereocenters. The second-order valence-corrected chi connectivity index (χ2v) is 4.01. The van der Waals surface area contributed by atoms with Crippen LogP contribution in [0.2, 0.25) is 0 Å². The van der Waals surface area contributed by atoms with Crippen LogP contribution >= 0.6 is 0 Å². The molecular formula is C11H26N10. The van der Waals surface area contributed by atoms with Crippen molar-refractivity contribution in [1.29, 1.82) is 0 Å². The monoisotopic (exact) mass is 298 g/mol. The fourth-order valence-corrected chi connectivity index (χ4v) is 1.07. The van der Waals surface area contributed by atoms with Gasteiger partial charge in [-0.1, -0.05) is 13.8 Å². The molecule has 0 aliphatic carbocycles. The Bertz CT molecular complexity index is 371. The molecule has 0 aromatic rings. The van der Waals surface area contributed by atoms with Crippen molar-refractivity contribution < 1.29 is 0 Å². The van der Waals surface area contributed by atoms with Crippen LogP contribution in [0.25, 0.3) is 0 Å². The van der Waals surface area contributed by atoms with E-state index in [0.29, 0.717) is 13.1 Å². The van der Waals surface area contributed by atoms with Gasteiger partial charge in [0.1, 0.15) is 6.67 Å². The van der Waals surface area contributed by atoms with Crippen LogP contribution in [0.4, 0.5) is 0 Å². The lowest BCUT2D eigenvalue weighted by atomic mass is 10.5. The van der Waals surface area contributed by atoms with E-state index >= 15 is 0 Å². The molecule has 0 aliphatic rings. The molecule has 10 N–H and O–H groups in total. The predicted molar refractivity (Wildman–Crippen MR) is 87.9 cm³/mol. The molecule has 120 valence electrons. The Morgan fingerprint density at radius 1 is 0.667 bits per heavy atom. The smallest absolute Gasteiger partial charge is 0.197 e. The molecule has 0 saturated carbocycles. The van der Waals surface area contributed by atoms with Gasteiger partial charge in [-0.15, -0.1) is 0 Å². The Kier molecular flexibility index (Phi) is 9.96. The minimum Gasteiger partial charge on any atom is -0.370 e. The minimum absolute atomic E-state index is 0.0276. The van der Waals surface area contributed by atoms with E-state index in [9.17, 15) is 0 Å². The van der Waals surface area contributed by atoms with Gasteiger partial charge >= 0.3 is 0 Å². The van der Waals surface area contributed by atoms with Gasteiger partial charge in [0.25, 0.3) is 0 Å². The maximum atomic E-state index is 5.60. The number of hydrogen-bond acceptors (Lipinski definition) is 4. The van der Waals surface area contributed by atoms with Crippen molar-refractivity contribution in [1.82, 2.24) is 10.6 Å². The van der Waals surface area contributed by atoms with Crippen molar-refractivity contribution >= 4 is 23.8 Å². The van der Waals surface area contributed by atoms with Crippen LogP contribution in [0, 0.1) is 0 Å². The third-order valence-electron chi connectivity index (χ3n) is 2.01. The molecule has 0 bridgehead atoms. The summed E-state index contributed by atoms with van der Waals surface area (Å²) in [7, 11) is 0. The molecule has 0 aromatic carbocycles. The molecule has 0 fully saturated rings. The number of rotatable bonds is 6. The van der Waals surface area contributed by atoms with Crippen molar-refractivity contribution in [3.8, 4) is 0 Å². The molecule has 0 rings (SSSR count). The molecule has 10 heteroatoms. The average Bonchev–Trinajstić information content (AvgIpc) is 2.42. The van der Waals surface area contributed by atoms with Gasteiger partial charge < -0.3 is 22.9 Å². The number of nitrogens with one attached hydrogen (secondary N) is 2. The first-order valence-electron chi connectivity index (χ1n) is 6.73. The van der Waals surface area contributed by atoms with E-state index in [-0.39, 0.29) is 30.5 Å². The van der Waals surface area contributed by atoms with Gasteiger partial charge in [-0.2, -0.15) is 0 Å². The Morgan fingerprint density at radius 3 is 1.33 bits per heavy atom. The normalized spacial score (nSPS) is 14.2. The maximum absolute atomic E-state index is 5.60. The van der Waals surface area contributed by atoms with Crippen molar-refractivity contribution in [2.45, 2.75) is 26.7 Å². The zero-order valence-corrected chi connectivity index (χ0v) is 12.6. The molecule has 0 amide bonds. The van der Waals surface area contributed by atoms with Crippen molar-refractivity contribution in [3.05, 3.63) is 0 Å². The molecule has 0 heterocycles. The number of guanidine groups is 4. The van der Waals surface area contributed by atoms with Crippen molar-refractivity contribution in [2.24, 2.45) is 42.9 Å². The average molecular weight is 298 g/mol. The van der Waals surface area contributed by atoms with E-state index in [1.165, 1.54) is 0 Å². The molecule has 0 atom stereocenters. The number of nitrogens with two attached hydrogens (primary N) is 4. The van der Waals surface area contributed by atoms with E-state index in [1.807, 2.05) is 13.8 Å². The van der Waals surface area contributed by atoms with Gasteiger partial charge in [0, 0.05) is 13.1 Å². The largest absolute Gasteiger partial charge is 0.370 e. The lowest BCUT2D eigenvalue weighted by molar-refractivity contribution is 0.919. The van der Waals surface area contributed by atoms with Crippen LogP contribution in [-0.4, -0.2) is 43.6 Å². The topological polar surface area (TPSA) is 178 Å². The molecule has 0 spiro atoms. The maximum Gasteiger partial charge on any atom is 0.197 e. The Morgan fingerprint density at radius 2 is 1.00 bits per heavy atom. The zero-order valence-electron chi connectivity index (χ0n) is 12.6. The van der Waals surface area contributed by atoms with Gasteiger partial charge in [0.05, 0.1) is 0 Å². The third-order valence-corrected chi connectivity index (χ3v) is 2.01. The lowest BCUT2D eigenvalue weighted by Gasteiger charge is -2.05. The fourth-order valence-electron chi connectivity index (χ4n) is 1.07. The summed E-state index contributed by atoms with van der Waals surface area (Å²) in [6.45, 7) is 5.26. The summed E-state index contributed by atoms with van der Waals surface area (Å²) in [5, 5.41) is 5.27. The highest BCUT2D eigenvalue weighted by Crippen LogP contribution is 1.78. The van der Waals surface area contributed by atoms with Crippen LogP contribution in [0.1, 0.15) is 26.7 Å². The van der Waals surface area contributed by atoms with Gasteiger partial charge in [-0.05, 0) is 12.8 Å². The summed E-state index contributed by atoms with van der Waals surface area (Å²) in [6, 6.07) is 0. The standard InChI is InChI=1S/C11H26N10/c1-3-5-16-8(12)20-10(14)18-7-19-11(15)21-9(13)17-6-4-2/h3-7H2,1-2H3,(H5,12,14,16,18,20)(H5,13,15,17,19,21). The van der Waals surface area contributed by atoms with Gasteiger partial charge in [0.2, 0.25) is 0 Å². The molecule has 0 radical (unpaired) electrons. The summed E-state index contributed by atoms with van der Waals surface area (Å²) >= 11 is 0. The van der Waals surface area contributed by atoms with Gasteiger partial charge in [0.15, 0.2) is 23.8 Å². The van der Waals surface area contributed by atoms with Crippen LogP contribution in [0.5, 0.6) is 0 Å². The second-order valence-electron chi connectivity index (χ2n) is 4.01. The predicted octanol–water partition coefficient (Wildman–Crippen LogP) is -1.80. The van der Waals surface area contributed by atoms with Crippen LogP contribution in [0.15, 0.2) is 20.0 Å². The Balaban J connectivity index is 4.24. The highest BCUT2D eigenvalue weighted by Gasteiger charge is 1.96. The van der Waals surface area contributed by atoms with Crippen molar-refractivity contribution in [2.75, 3.05) is 19.8 Å². The Labute approximate surface area is 124 Å². The number of nitrogens with zero attached hydrogens (tertiary/aromatic N) is 4. The van der Waals surface area contributed by atoms with Crippen molar-refractivity contribution in [3.63, 3.8) is 0 Å². The molecule has 0 saturated heterocycles. The summed E-state index contributed by atoms with van der Waals surface area (Å²) < 4.78 is 0. The number of aliphatic imine (C=N–C) groups is 4. The van der Waals surface area contributed by atoms with E-state index in [4.69, 9.17) is 22.9 Å².